The van der Waals surface area contributed by atoms with E-state index in [2.05, 4.69) is 4.99 Å². The summed E-state index contributed by atoms with van der Waals surface area (Å²) in [7, 11) is -0.738. The molecule has 0 bridgehead atoms. The molecule has 0 N–H and O–H groups in total. The molecule has 154 valence electrons. The third-order valence-electron chi connectivity index (χ3n) is 5.04. The van der Waals surface area contributed by atoms with E-state index < -0.39 is 10.0 Å². The molecule has 1 heterocycles. The second-order valence-corrected chi connectivity index (χ2v) is 8.77. The number of fused-ring (bicyclic) bond motifs is 1. The highest BCUT2D eigenvalue weighted by atomic mass is 32.2. The smallest absolute Gasteiger partial charge is 0.265 e. The molecule has 4 rings (SSSR count). The standard InChI is InChI=1S/C23H22N2O4S/c1-16-9-11-18(12-10-16)30(26,27)25-15-24-23(17-7-5-4-6-8-17)19-13-21(28-2)22(29-3)14-20(19)25/h4-14H,15H2,1-3H3. The Morgan fingerprint density at radius 1 is 0.900 bits per heavy atom. The van der Waals surface area contributed by atoms with Crippen LogP contribution in [0, 0.1) is 6.92 Å². The van der Waals surface area contributed by atoms with Crippen LogP contribution in [0.15, 0.2) is 76.6 Å². The quantitative estimate of drug-likeness (QED) is 0.623. The van der Waals surface area contributed by atoms with E-state index in [-0.39, 0.29) is 11.6 Å². The zero-order valence-electron chi connectivity index (χ0n) is 17.0. The van der Waals surface area contributed by atoms with Crippen molar-refractivity contribution in [1.29, 1.82) is 0 Å². The van der Waals surface area contributed by atoms with Crippen LogP contribution in [0.1, 0.15) is 16.7 Å². The molecule has 0 spiro atoms. The van der Waals surface area contributed by atoms with Crippen LogP contribution in [0.4, 0.5) is 5.69 Å². The van der Waals surface area contributed by atoms with Crippen LogP contribution in [0.5, 0.6) is 11.5 Å². The minimum atomic E-state index is -3.81. The van der Waals surface area contributed by atoms with E-state index in [4.69, 9.17) is 9.47 Å². The van der Waals surface area contributed by atoms with Crippen LogP contribution in [-0.4, -0.2) is 35.0 Å². The minimum absolute atomic E-state index is 0.0249. The van der Waals surface area contributed by atoms with Gasteiger partial charge in [-0.05, 0) is 25.1 Å². The van der Waals surface area contributed by atoms with Crippen molar-refractivity contribution in [2.75, 3.05) is 25.2 Å². The zero-order chi connectivity index (χ0) is 21.3. The van der Waals surface area contributed by atoms with Crippen molar-refractivity contribution in [1.82, 2.24) is 0 Å². The number of aryl methyl sites for hydroxylation is 1. The number of anilines is 1. The number of hydrogen-bond donors (Lipinski definition) is 0. The first-order valence-electron chi connectivity index (χ1n) is 9.41. The second-order valence-electron chi connectivity index (χ2n) is 6.91. The molecule has 0 radical (unpaired) electrons. The Hall–Kier alpha value is -3.32. The summed E-state index contributed by atoms with van der Waals surface area (Å²) >= 11 is 0. The Morgan fingerprint density at radius 2 is 1.53 bits per heavy atom. The molecule has 0 saturated carbocycles. The molecule has 1 aliphatic rings. The van der Waals surface area contributed by atoms with Crippen molar-refractivity contribution in [2.45, 2.75) is 11.8 Å². The first-order valence-corrected chi connectivity index (χ1v) is 10.9. The largest absolute Gasteiger partial charge is 0.493 e. The number of nitrogens with zero attached hydrogens (tertiary/aromatic N) is 2. The Balaban J connectivity index is 1.91. The van der Waals surface area contributed by atoms with Gasteiger partial charge in [0.1, 0.15) is 6.67 Å². The lowest BCUT2D eigenvalue weighted by atomic mass is 9.99. The van der Waals surface area contributed by atoms with Gasteiger partial charge in [-0.25, -0.2) is 12.7 Å². The van der Waals surface area contributed by atoms with Crippen molar-refractivity contribution in [2.24, 2.45) is 4.99 Å². The maximum absolute atomic E-state index is 13.4. The van der Waals surface area contributed by atoms with Gasteiger partial charge >= 0.3 is 0 Å². The van der Waals surface area contributed by atoms with Crippen LogP contribution < -0.4 is 13.8 Å². The number of benzene rings is 3. The summed E-state index contributed by atoms with van der Waals surface area (Å²) in [6, 6.07) is 19.9. The fraction of sp³-hybridized carbons (Fsp3) is 0.174. The Kier molecular flexibility index (Phi) is 5.22. The lowest BCUT2D eigenvalue weighted by Gasteiger charge is -2.30. The van der Waals surface area contributed by atoms with Crippen molar-refractivity contribution >= 4 is 21.4 Å². The van der Waals surface area contributed by atoms with Gasteiger partial charge in [-0.3, -0.25) is 4.99 Å². The molecule has 0 aliphatic carbocycles. The van der Waals surface area contributed by atoms with Gasteiger partial charge in [0.15, 0.2) is 11.5 Å². The average Bonchev–Trinajstić information content (AvgIpc) is 2.78. The Bertz CT molecular complexity index is 1200. The van der Waals surface area contributed by atoms with Gasteiger partial charge in [0.25, 0.3) is 10.0 Å². The summed E-state index contributed by atoms with van der Waals surface area (Å²) in [6.45, 7) is 1.89. The number of ether oxygens (including phenoxy) is 2. The third kappa shape index (κ3) is 3.41. The molecule has 0 atom stereocenters. The van der Waals surface area contributed by atoms with Gasteiger partial charge < -0.3 is 9.47 Å². The molecule has 0 unspecified atom stereocenters. The number of sulfonamides is 1. The topological polar surface area (TPSA) is 68.2 Å². The first-order chi connectivity index (χ1) is 14.5. The molecule has 0 aromatic heterocycles. The summed E-state index contributed by atoms with van der Waals surface area (Å²) in [5.74, 6) is 0.962. The second kappa shape index (κ2) is 7.84. The van der Waals surface area contributed by atoms with Crippen molar-refractivity contribution in [3.8, 4) is 11.5 Å². The number of hydrogen-bond acceptors (Lipinski definition) is 5. The van der Waals surface area contributed by atoms with E-state index in [0.29, 0.717) is 28.5 Å². The van der Waals surface area contributed by atoms with Gasteiger partial charge in [-0.1, -0.05) is 48.0 Å². The SMILES string of the molecule is COc1cc2c(cc1OC)N(S(=O)(=O)c1ccc(C)cc1)CN=C2c1ccccc1. The van der Waals surface area contributed by atoms with Gasteiger partial charge in [-0.15, -0.1) is 0 Å². The molecule has 6 nitrogen and oxygen atoms in total. The number of rotatable bonds is 5. The van der Waals surface area contributed by atoms with E-state index in [1.165, 1.54) is 11.4 Å². The number of methoxy groups -OCH3 is 2. The fourth-order valence-corrected chi connectivity index (χ4v) is 4.80. The van der Waals surface area contributed by atoms with E-state index in [1.54, 1.807) is 43.5 Å². The predicted octanol–water partition coefficient (Wildman–Crippen LogP) is 4.02. The molecular weight excluding hydrogens is 400 g/mol. The van der Waals surface area contributed by atoms with E-state index in [9.17, 15) is 8.42 Å². The molecular formula is C23H22N2O4S. The minimum Gasteiger partial charge on any atom is -0.493 e. The molecule has 30 heavy (non-hydrogen) atoms. The Labute approximate surface area is 176 Å². The van der Waals surface area contributed by atoms with Crippen LogP contribution in [0.2, 0.25) is 0 Å². The molecule has 0 fully saturated rings. The molecule has 3 aromatic carbocycles. The number of aliphatic imine (C=N–C) groups is 1. The molecule has 0 saturated heterocycles. The Morgan fingerprint density at radius 3 is 2.17 bits per heavy atom. The maximum Gasteiger partial charge on any atom is 0.265 e. The van der Waals surface area contributed by atoms with Crippen molar-refractivity contribution in [3.63, 3.8) is 0 Å². The molecule has 3 aromatic rings. The van der Waals surface area contributed by atoms with Crippen LogP contribution in [0.25, 0.3) is 0 Å². The predicted molar refractivity (Wildman–Crippen MR) is 117 cm³/mol. The van der Waals surface area contributed by atoms with E-state index in [0.717, 1.165) is 11.1 Å². The average molecular weight is 423 g/mol. The lowest BCUT2D eigenvalue weighted by molar-refractivity contribution is 0.355. The monoisotopic (exact) mass is 422 g/mol. The van der Waals surface area contributed by atoms with Crippen LogP contribution in [-0.2, 0) is 10.0 Å². The van der Waals surface area contributed by atoms with Crippen molar-refractivity contribution in [3.05, 3.63) is 83.4 Å². The van der Waals surface area contributed by atoms with Crippen molar-refractivity contribution < 1.29 is 17.9 Å². The lowest BCUT2D eigenvalue weighted by Crippen LogP contribution is -2.36. The summed E-state index contributed by atoms with van der Waals surface area (Å²) < 4.78 is 39.1. The van der Waals surface area contributed by atoms with Gasteiger partial charge in [0.05, 0.1) is 30.5 Å². The zero-order valence-corrected chi connectivity index (χ0v) is 17.8. The van der Waals surface area contributed by atoms with Gasteiger partial charge in [0.2, 0.25) is 0 Å². The highest BCUT2D eigenvalue weighted by Crippen LogP contribution is 2.40. The third-order valence-corrected chi connectivity index (χ3v) is 6.80. The summed E-state index contributed by atoms with van der Waals surface area (Å²) in [6.07, 6.45) is 0. The summed E-state index contributed by atoms with van der Waals surface area (Å²) in [5, 5.41) is 0. The fourth-order valence-electron chi connectivity index (χ4n) is 3.45. The summed E-state index contributed by atoms with van der Waals surface area (Å²) in [4.78, 5) is 4.84. The molecule has 0 amide bonds. The van der Waals surface area contributed by atoms with E-state index in [1.807, 2.05) is 37.3 Å². The molecule has 7 heteroatoms. The van der Waals surface area contributed by atoms with Crippen LogP contribution >= 0.6 is 0 Å². The summed E-state index contributed by atoms with van der Waals surface area (Å²) in [5.41, 5.74) is 3.77. The van der Waals surface area contributed by atoms with E-state index >= 15 is 0 Å². The normalized spacial score (nSPS) is 13.4. The van der Waals surface area contributed by atoms with Gasteiger partial charge in [0, 0.05) is 17.2 Å². The van der Waals surface area contributed by atoms with Gasteiger partial charge in [-0.2, -0.15) is 0 Å². The molecule has 1 aliphatic heterocycles. The highest BCUT2D eigenvalue weighted by molar-refractivity contribution is 7.92. The first kappa shape index (κ1) is 20.0. The maximum atomic E-state index is 13.4. The highest BCUT2D eigenvalue weighted by Gasteiger charge is 2.32. The van der Waals surface area contributed by atoms with Crippen LogP contribution in [0.3, 0.4) is 0 Å².